The third-order valence-corrected chi connectivity index (χ3v) is 4.46. The lowest BCUT2D eigenvalue weighted by Crippen LogP contribution is -2.31. The number of aromatic nitrogens is 3. The van der Waals surface area contributed by atoms with Gasteiger partial charge in [0.1, 0.15) is 12.4 Å². The molecule has 0 saturated heterocycles. The van der Waals surface area contributed by atoms with Crippen molar-refractivity contribution in [3.63, 3.8) is 0 Å². The van der Waals surface area contributed by atoms with Crippen LogP contribution in [-0.4, -0.2) is 46.4 Å². The van der Waals surface area contributed by atoms with Crippen molar-refractivity contribution in [3.8, 4) is 5.69 Å². The molecule has 9 nitrogen and oxygen atoms in total. The SMILES string of the molecule is COC(=O)CNC(=O)Cc1ccc(NC(=O)c2nnn(-c3ccc(F)cc3)c2C(F)(F)F)cc1. The van der Waals surface area contributed by atoms with Gasteiger partial charge < -0.3 is 15.4 Å². The van der Waals surface area contributed by atoms with E-state index in [0.717, 1.165) is 24.3 Å². The summed E-state index contributed by atoms with van der Waals surface area (Å²) in [7, 11) is 1.18. The molecule has 0 aliphatic carbocycles. The van der Waals surface area contributed by atoms with Crippen molar-refractivity contribution in [1.82, 2.24) is 20.3 Å². The van der Waals surface area contributed by atoms with Gasteiger partial charge in [-0.1, -0.05) is 17.3 Å². The number of nitrogens with zero attached hydrogens (tertiary/aromatic N) is 3. The number of nitrogens with one attached hydrogen (secondary N) is 2. The molecule has 0 bridgehead atoms. The van der Waals surface area contributed by atoms with Crippen molar-refractivity contribution >= 4 is 23.5 Å². The Morgan fingerprint density at radius 3 is 2.26 bits per heavy atom. The Balaban J connectivity index is 1.74. The Kier molecular flexibility index (Phi) is 7.24. The third kappa shape index (κ3) is 5.94. The summed E-state index contributed by atoms with van der Waals surface area (Å²) >= 11 is 0. The second-order valence-electron chi connectivity index (χ2n) is 6.85. The van der Waals surface area contributed by atoms with Gasteiger partial charge in [-0.05, 0) is 42.0 Å². The lowest BCUT2D eigenvalue weighted by Gasteiger charge is -2.11. The van der Waals surface area contributed by atoms with E-state index in [1.54, 1.807) is 0 Å². The van der Waals surface area contributed by atoms with Gasteiger partial charge in [-0.25, -0.2) is 9.07 Å². The molecule has 0 aliphatic rings. The number of methoxy groups -OCH3 is 1. The molecule has 0 spiro atoms. The predicted octanol–water partition coefficient (Wildman–Crippen LogP) is 2.51. The fraction of sp³-hybridized carbons (Fsp3) is 0.190. The van der Waals surface area contributed by atoms with Gasteiger partial charge in [0.15, 0.2) is 11.4 Å². The molecular weight excluding hydrogens is 462 g/mol. The highest BCUT2D eigenvalue weighted by atomic mass is 19.4. The monoisotopic (exact) mass is 479 g/mol. The average molecular weight is 479 g/mol. The fourth-order valence-corrected chi connectivity index (χ4v) is 2.84. The van der Waals surface area contributed by atoms with E-state index in [4.69, 9.17) is 0 Å². The molecule has 0 unspecified atom stereocenters. The van der Waals surface area contributed by atoms with Crippen LogP contribution in [0, 0.1) is 5.82 Å². The van der Waals surface area contributed by atoms with E-state index >= 15 is 0 Å². The van der Waals surface area contributed by atoms with E-state index < -0.39 is 41.2 Å². The molecule has 0 radical (unpaired) electrons. The topological polar surface area (TPSA) is 115 Å². The van der Waals surface area contributed by atoms with E-state index in [0.29, 0.717) is 10.2 Å². The molecule has 34 heavy (non-hydrogen) atoms. The van der Waals surface area contributed by atoms with E-state index in [9.17, 15) is 31.9 Å². The van der Waals surface area contributed by atoms with Crippen LogP contribution in [0.3, 0.4) is 0 Å². The number of hydrogen-bond acceptors (Lipinski definition) is 6. The molecule has 178 valence electrons. The number of benzene rings is 2. The zero-order chi connectivity index (χ0) is 24.9. The van der Waals surface area contributed by atoms with Crippen molar-refractivity contribution < 1.29 is 36.7 Å². The highest BCUT2D eigenvalue weighted by Gasteiger charge is 2.42. The predicted molar refractivity (Wildman–Crippen MR) is 109 cm³/mol. The molecule has 2 N–H and O–H groups in total. The van der Waals surface area contributed by atoms with E-state index in [2.05, 4.69) is 25.7 Å². The van der Waals surface area contributed by atoms with Gasteiger partial charge in [0.25, 0.3) is 5.91 Å². The van der Waals surface area contributed by atoms with Crippen LogP contribution in [0.25, 0.3) is 5.69 Å². The maximum Gasteiger partial charge on any atom is 0.435 e. The standard InChI is InChI=1S/C21H17F4N5O4/c1-34-17(32)11-26-16(31)10-12-2-6-14(7-3-12)27-20(33)18-19(21(23,24)25)30(29-28-18)15-8-4-13(22)5-9-15/h2-9H,10-11H2,1H3,(H,26,31)(H,27,33). The van der Waals surface area contributed by atoms with Crippen LogP contribution < -0.4 is 10.6 Å². The number of carbonyl (C=O) groups excluding carboxylic acids is 3. The lowest BCUT2D eigenvalue weighted by atomic mass is 10.1. The Bertz CT molecular complexity index is 1190. The quantitative estimate of drug-likeness (QED) is 0.398. The van der Waals surface area contributed by atoms with Crippen LogP contribution in [0.2, 0.25) is 0 Å². The number of amides is 2. The summed E-state index contributed by atoms with van der Waals surface area (Å²) in [6.45, 7) is -0.288. The summed E-state index contributed by atoms with van der Waals surface area (Å²) in [6, 6.07) is 9.78. The van der Waals surface area contributed by atoms with Gasteiger partial charge in [0.05, 0.1) is 19.2 Å². The number of carbonyl (C=O) groups is 3. The number of esters is 1. The van der Waals surface area contributed by atoms with Gasteiger partial charge in [-0.2, -0.15) is 13.2 Å². The van der Waals surface area contributed by atoms with Gasteiger partial charge in [-0.15, -0.1) is 5.10 Å². The largest absolute Gasteiger partial charge is 0.468 e. The molecule has 3 aromatic rings. The maximum absolute atomic E-state index is 13.7. The minimum atomic E-state index is -4.98. The molecule has 3 rings (SSSR count). The Hall–Kier alpha value is -4.29. The number of hydrogen-bond donors (Lipinski definition) is 2. The summed E-state index contributed by atoms with van der Waals surface area (Å²) in [5.41, 5.74) is -1.85. The Morgan fingerprint density at radius 2 is 1.68 bits per heavy atom. The number of ether oxygens (including phenoxy) is 1. The van der Waals surface area contributed by atoms with E-state index in [-0.39, 0.29) is 24.3 Å². The minimum Gasteiger partial charge on any atom is -0.468 e. The van der Waals surface area contributed by atoms with Crippen LogP contribution >= 0.6 is 0 Å². The number of anilines is 1. The summed E-state index contributed by atoms with van der Waals surface area (Å²) < 4.78 is 59.0. The molecule has 2 aromatic carbocycles. The highest BCUT2D eigenvalue weighted by Crippen LogP contribution is 2.33. The normalized spacial score (nSPS) is 11.1. The first kappa shape index (κ1) is 24.4. The summed E-state index contributed by atoms with van der Waals surface area (Å²) in [6.07, 6.45) is -5.05. The van der Waals surface area contributed by atoms with Crippen LogP contribution in [0.15, 0.2) is 48.5 Å². The number of alkyl halides is 3. The summed E-state index contributed by atoms with van der Waals surface area (Å²) in [5.74, 6) is -2.88. The summed E-state index contributed by atoms with van der Waals surface area (Å²) in [4.78, 5) is 35.4. The van der Waals surface area contributed by atoms with Crippen LogP contribution in [-0.2, 0) is 26.9 Å². The molecule has 1 heterocycles. The van der Waals surface area contributed by atoms with Crippen molar-refractivity contribution in [2.45, 2.75) is 12.6 Å². The molecule has 13 heteroatoms. The van der Waals surface area contributed by atoms with Crippen molar-refractivity contribution in [2.24, 2.45) is 0 Å². The van der Waals surface area contributed by atoms with Crippen molar-refractivity contribution in [3.05, 3.63) is 71.3 Å². The Labute approximate surface area is 189 Å². The molecule has 0 atom stereocenters. The first-order chi connectivity index (χ1) is 16.1. The number of rotatable bonds is 7. The molecule has 0 aliphatic heterocycles. The van der Waals surface area contributed by atoms with Gasteiger partial charge in [0.2, 0.25) is 5.91 Å². The van der Waals surface area contributed by atoms with Crippen LogP contribution in [0.5, 0.6) is 0 Å². The fourth-order valence-electron chi connectivity index (χ4n) is 2.84. The first-order valence-electron chi connectivity index (χ1n) is 9.61. The van der Waals surface area contributed by atoms with Gasteiger partial charge in [-0.3, -0.25) is 14.4 Å². The average Bonchev–Trinajstić information content (AvgIpc) is 3.25. The van der Waals surface area contributed by atoms with Crippen molar-refractivity contribution in [2.75, 3.05) is 19.0 Å². The van der Waals surface area contributed by atoms with Crippen LogP contribution in [0.4, 0.5) is 23.2 Å². The van der Waals surface area contributed by atoms with Crippen LogP contribution in [0.1, 0.15) is 21.7 Å². The second-order valence-corrected chi connectivity index (χ2v) is 6.85. The minimum absolute atomic E-state index is 0.0740. The maximum atomic E-state index is 13.7. The molecule has 1 aromatic heterocycles. The molecule has 0 fully saturated rings. The number of halogens is 4. The lowest BCUT2D eigenvalue weighted by molar-refractivity contribution is -0.143. The zero-order valence-corrected chi connectivity index (χ0v) is 17.5. The Morgan fingerprint density at radius 1 is 1.03 bits per heavy atom. The third-order valence-electron chi connectivity index (χ3n) is 4.46. The summed E-state index contributed by atoms with van der Waals surface area (Å²) in [5, 5.41) is 11.4. The van der Waals surface area contributed by atoms with Gasteiger partial charge in [0, 0.05) is 5.69 Å². The zero-order valence-electron chi connectivity index (χ0n) is 17.5. The molecular formula is C21H17F4N5O4. The first-order valence-corrected chi connectivity index (χ1v) is 9.61. The second kappa shape index (κ2) is 10.1. The van der Waals surface area contributed by atoms with E-state index in [1.807, 2.05) is 0 Å². The van der Waals surface area contributed by atoms with Crippen molar-refractivity contribution in [1.29, 1.82) is 0 Å². The smallest absolute Gasteiger partial charge is 0.435 e. The highest BCUT2D eigenvalue weighted by molar-refractivity contribution is 6.03. The molecule has 0 saturated carbocycles. The van der Waals surface area contributed by atoms with E-state index in [1.165, 1.54) is 31.4 Å². The van der Waals surface area contributed by atoms with Gasteiger partial charge >= 0.3 is 12.1 Å². The molecule has 2 amide bonds.